The topological polar surface area (TPSA) is 44.5 Å². The Bertz CT molecular complexity index is 714. The third kappa shape index (κ3) is 3.47. The van der Waals surface area contributed by atoms with Gasteiger partial charge in [-0.05, 0) is 48.4 Å². The molecule has 2 aromatic carbocycles. The highest BCUT2D eigenvalue weighted by Gasteiger charge is 2.38. The smallest absolute Gasteiger partial charge is 0.139 e. The summed E-state index contributed by atoms with van der Waals surface area (Å²) in [7, 11) is 2.70. The highest BCUT2D eigenvalue weighted by molar-refractivity contribution is 7.27. The van der Waals surface area contributed by atoms with E-state index in [9.17, 15) is 0 Å². The first kappa shape index (κ1) is 16.6. The Balaban J connectivity index is 2.02. The number of ether oxygens (including phenoxy) is 2. The average molecular weight is 350 g/mol. The first-order valence-electron chi connectivity index (χ1n) is 7.69. The Morgan fingerprint density at radius 2 is 1.91 bits per heavy atom. The molecule has 1 fully saturated rings. The number of nitrogen functional groups attached to an aromatic ring is 1. The minimum atomic E-state index is -0.394. The molecule has 1 atom stereocenters. The summed E-state index contributed by atoms with van der Waals surface area (Å²) in [4.78, 5) is 0. The summed E-state index contributed by atoms with van der Waals surface area (Å²) >= 11 is 6.12. The standard InChI is InChI=1S/C18H21ClNO2P/c1-12-10-13(19)2-4-15(12)18(6-8-21-9-7-18)22-16-5-3-14(20)11-17(16)23/h2-5,10-11H,6-9,20,23H2,1H3. The van der Waals surface area contributed by atoms with Crippen LogP contribution in [0.1, 0.15) is 24.0 Å². The summed E-state index contributed by atoms with van der Waals surface area (Å²) in [6.45, 7) is 3.44. The van der Waals surface area contributed by atoms with Gasteiger partial charge in [0.2, 0.25) is 0 Å². The Kier molecular flexibility index (Phi) is 4.82. The molecule has 0 aliphatic carbocycles. The minimum Gasteiger partial charge on any atom is -0.482 e. The van der Waals surface area contributed by atoms with Crippen molar-refractivity contribution in [3.63, 3.8) is 0 Å². The molecule has 0 saturated carbocycles. The Labute approximate surface area is 144 Å². The monoisotopic (exact) mass is 349 g/mol. The average Bonchev–Trinajstić information content (AvgIpc) is 2.51. The van der Waals surface area contributed by atoms with E-state index >= 15 is 0 Å². The SMILES string of the molecule is Cc1cc(Cl)ccc1C1(Oc2ccc(N)cc2P)CCOCC1. The molecule has 0 aromatic heterocycles. The molecule has 2 aromatic rings. The molecule has 0 radical (unpaired) electrons. The van der Waals surface area contributed by atoms with Crippen molar-refractivity contribution in [3.8, 4) is 5.75 Å². The van der Waals surface area contributed by atoms with Gasteiger partial charge < -0.3 is 15.2 Å². The van der Waals surface area contributed by atoms with Crippen LogP contribution >= 0.6 is 20.8 Å². The second-order valence-corrected chi connectivity index (χ2v) is 7.02. The maximum Gasteiger partial charge on any atom is 0.139 e. The summed E-state index contributed by atoms with van der Waals surface area (Å²) in [6, 6.07) is 11.7. The first-order valence-corrected chi connectivity index (χ1v) is 8.64. The van der Waals surface area contributed by atoms with Crippen molar-refractivity contribution in [2.75, 3.05) is 18.9 Å². The number of hydrogen-bond acceptors (Lipinski definition) is 3. The molecule has 0 amide bonds. The zero-order valence-electron chi connectivity index (χ0n) is 13.1. The molecule has 0 spiro atoms. The van der Waals surface area contributed by atoms with E-state index < -0.39 is 5.60 Å². The van der Waals surface area contributed by atoms with E-state index in [0.29, 0.717) is 13.2 Å². The summed E-state index contributed by atoms with van der Waals surface area (Å²) in [5.74, 6) is 0.834. The van der Waals surface area contributed by atoms with Gasteiger partial charge in [-0.3, -0.25) is 0 Å². The summed E-state index contributed by atoms with van der Waals surface area (Å²) in [5.41, 5.74) is 8.49. The molecule has 2 N–H and O–H groups in total. The highest BCUT2D eigenvalue weighted by Crippen LogP contribution is 2.39. The van der Waals surface area contributed by atoms with Crippen LogP contribution in [-0.2, 0) is 10.3 Å². The van der Waals surface area contributed by atoms with Crippen molar-refractivity contribution in [3.05, 3.63) is 52.5 Å². The van der Waals surface area contributed by atoms with Gasteiger partial charge in [-0.1, -0.05) is 17.7 Å². The second-order valence-electron chi connectivity index (χ2n) is 5.97. The van der Waals surface area contributed by atoms with Gasteiger partial charge >= 0.3 is 0 Å². The number of rotatable bonds is 3. The summed E-state index contributed by atoms with van der Waals surface area (Å²) in [6.07, 6.45) is 1.62. The molecular weight excluding hydrogens is 329 g/mol. The molecule has 1 aliphatic rings. The Morgan fingerprint density at radius 3 is 2.57 bits per heavy atom. The van der Waals surface area contributed by atoms with Crippen molar-refractivity contribution in [1.82, 2.24) is 0 Å². The van der Waals surface area contributed by atoms with Crippen molar-refractivity contribution in [2.24, 2.45) is 0 Å². The molecule has 1 heterocycles. The lowest BCUT2D eigenvalue weighted by Crippen LogP contribution is -2.40. The van der Waals surface area contributed by atoms with Crippen molar-refractivity contribution >= 4 is 31.8 Å². The molecule has 23 heavy (non-hydrogen) atoms. The van der Waals surface area contributed by atoms with Gasteiger partial charge in [0, 0.05) is 28.9 Å². The normalized spacial score (nSPS) is 17.0. The highest BCUT2D eigenvalue weighted by atomic mass is 35.5. The largest absolute Gasteiger partial charge is 0.482 e. The van der Waals surface area contributed by atoms with Crippen LogP contribution in [0.4, 0.5) is 5.69 Å². The van der Waals surface area contributed by atoms with Crippen molar-refractivity contribution in [1.29, 1.82) is 0 Å². The fourth-order valence-electron chi connectivity index (χ4n) is 3.14. The van der Waals surface area contributed by atoms with E-state index in [1.165, 1.54) is 5.56 Å². The van der Waals surface area contributed by atoms with Crippen LogP contribution in [0.15, 0.2) is 36.4 Å². The number of aryl methyl sites for hydroxylation is 1. The third-order valence-electron chi connectivity index (χ3n) is 4.32. The predicted octanol–water partition coefficient (Wildman–Crippen LogP) is 3.82. The van der Waals surface area contributed by atoms with E-state index in [-0.39, 0.29) is 0 Å². The van der Waals surface area contributed by atoms with E-state index in [4.69, 9.17) is 26.8 Å². The molecule has 3 nitrogen and oxygen atoms in total. The van der Waals surface area contributed by atoms with Crippen molar-refractivity contribution < 1.29 is 9.47 Å². The quantitative estimate of drug-likeness (QED) is 0.677. The van der Waals surface area contributed by atoms with E-state index in [1.807, 2.05) is 30.3 Å². The van der Waals surface area contributed by atoms with Crippen LogP contribution in [0.2, 0.25) is 5.02 Å². The van der Waals surface area contributed by atoms with Crippen LogP contribution in [0, 0.1) is 6.92 Å². The van der Waals surface area contributed by atoms with Crippen LogP contribution in [-0.4, -0.2) is 13.2 Å². The van der Waals surface area contributed by atoms with E-state index in [1.54, 1.807) is 0 Å². The predicted molar refractivity (Wildman–Crippen MR) is 98.7 cm³/mol. The van der Waals surface area contributed by atoms with Gasteiger partial charge in [0.05, 0.1) is 13.2 Å². The van der Waals surface area contributed by atoms with Gasteiger partial charge in [-0.25, -0.2) is 0 Å². The lowest BCUT2D eigenvalue weighted by atomic mass is 9.83. The lowest BCUT2D eigenvalue weighted by molar-refractivity contribution is -0.0498. The van der Waals surface area contributed by atoms with Gasteiger partial charge in [0.15, 0.2) is 0 Å². The van der Waals surface area contributed by atoms with Gasteiger partial charge in [0.25, 0.3) is 0 Å². The molecule has 1 saturated heterocycles. The molecule has 5 heteroatoms. The van der Waals surface area contributed by atoms with Crippen LogP contribution < -0.4 is 15.8 Å². The second kappa shape index (κ2) is 6.68. The zero-order chi connectivity index (χ0) is 16.4. The van der Waals surface area contributed by atoms with Crippen LogP contribution in [0.25, 0.3) is 0 Å². The number of nitrogens with two attached hydrogens (primary N) is 1. The van der Waals surface area contributed by atoms with Crippen LogP contribution in [0.5, 0.6) is 5.75 Å². The maximum atomic E-state index is 6.54. The molecule has 122 valence electrons. The molecule has 1 aliphatic heterocycles. The summed E-state index contributed by atoms with van der Waals surface area (Å²) < 4.78 is 12.1. The first-order chi connectivity index (χ1) is 11.0. The van der Waals surface area contributed by atoms with Gasteiger partial charge in [0.1, 0.15) is 11.4 Å². The Morgan fingerprint density at radius 1 is 1.17 bits per heavy atom. The Hall–Kier alpha value is -1.28. The van der Waals surface area contributed by atoms with Crippen molar-refractivity contribution in [2.45, 2.75) is 25.4 Å². The molecule has 1 unspecified atom stereocenters. The number of anilines is 1. The van der Waals surface area contributed by atoms with Gasteiger partial charge in [-0.15, -0.1) is 9.24 Å². The number of hydrogen-bond donors (Lipinski definition) is 1. The minimum absolute atomic E-state index is 0.394. The van der Waals surface area contributed by atoms with Crippen LogP contribution in [0.3, 0.4) is 0 Å². The molecule has 3 rings (SSSR count). The third-order valence-corrected chi connectivity index (χ3v) is 5.01. The lowest BCUT2D eigenvalue weighted by Gasteiger charge is -2.39. The molecular formula is C18H21ClNO2P. The fourth-order valence-corrected chi connectivity index (χ4v) is 3.71. The maximum absolute atomic E-state index is 6.54. The molecule has 0 bridgehead atoms. The zero-order valence-corrected chi connectivity index (χ0v) is 15.1. The van der Waals surface area contributed by atoms with Gasteiger partial charge in [-0.2, -0.15) is 0 Å². The number of halogens is 1. The fraction of sp³-hybridized carbons (Fsp3) is 0.333. The van der Waals surface area contributed by atoms with E-state index in [2.05, 4.69) is 22.2 Å². The number of benzene rings is 2. The summed E-state index contributed by atoms with van der Waals surface area (Å²) in [5, 5.41) is 1.70. The van der Waals surface area contributed by atoms with E-state index in [0.717, 1.165) is 40.2 Å².